The highest BCUT2D eigenvalue weighted by Crippen LogP contribution is 2.23. The van der Waals surface area contributed by atoms with E-state index in [0.29, 0.717) is 23.1 Å². The number of aromatic nitrogens is 1. The molecular formula is C22H27N3O3. The van der Waals surface area contributed by atoms with Gasteiger partial charge >= 0.3 is 0 Å². The molecule has 1 saturated heterocycles. The number of carbonyl (C=O) groups is 2. The number of carbonyl (C=O) groups excluding carboxylic acids is 2. The fraction of sp³-hybridized carbons (Fsp3) is 0.409. The van der Waals surface area contributed by atoms with Gasteiger partial charge < -0.3 is 14.8 Å². The molecule has 0 spiro atoms. The van der Waals surface area contributed by atoms with E-state index in [2.05, 4.69) is 19.2 Å². The van der Waals surface area contributed by atoms with Gasteiger partial charge in [0, 0.05) is 36.6 Å². The number of hydrogen-bond donors (Lipinski definition) is 1. The summed E-state index contributed by atoms with van der Waals surface area (Å²) in [6.07, 6.45) is 2.81. The second kappa shape index (κ2) is 8.42. The smallest absolute Gasteiger partial charge is 0.253 e. The van der Waals surface area contributed by atoms with Gasteiger partial charge in [0.05, 0.1) is 0 Å². The van der Waals surface area contributed by atoms with Crippen LogP contribution in [-0.2, 0) is 11.3 Å². The standard InChI is InChI=1S/C22H27N3O3/c1-15-4-9-21(27)24(11-15)14-20(26)23-19-7-5-18(6-8-19)22(28)25-12-16(2)10-17(3)13-25/h4-9,11,16-17H,10,12-14H2,1-3H3,(H,23,26). The fourth-order valence-corrected chi connectivity index (χ4v) is 3.84. The van der Waals surface area contributed by atoms with Gasteiger partial charge in [0.1, 0.15) is 6.54 Å². The van der Waals surface area contributed by atoms with Gasteiger partial charge in [-0.3, -0.25) is 14.4 Å². The zero-order valence-corrected chi connectivity index (χ0v) is 16.6. The first-order chi connectivity index (χ1) is 13.3. The minimum absolute atomic E-state index is 0.0302. The highest BCUT2D eigenvalue weighted by atomic mass is 16.2. The molecule has 6 heteroatoms. The quantitative estimate of drug-likeness (QED) is 0.885. The average molecular weight is 381 g/mol. The molecule has 1 N–H and O–H groups in total. The highest BCUT2D eigenvalue weighted by molar-refractivity contribution is 5.95. The van der Waals surface area contributed by atoms with Crippen LogP contribution in [0.15, 0.2) is 47.4 Å². The van der Waals surface area contributed by atoms with E-state index in [1.165, 1.54) is 10.6 Å². The minimum atomic E-state index is -0.287. The summed E-state index contributed by atoms with van der Waals surface area (Å²) in [5, 5.41) is 2.77. The Labute approximate surface area is 165 Å². The zero-order chi connectivity index (χ0) is 20.3. The Hall–Kier alpha value is -2.89. The second-order valence-corrected chi connectivity index (χ2v) is 7.95. The largest absolute Gasteiger partial charge is 0.338 e. The first kappa shape index (κ1) is 19.9. The van der Waals surface area contributed by atoms with Crippen LogP contribution in [-0.4, -0.2) is 34.4 Å². The minimum Gasteiger partial charge on any atom is -0.338 e. The lowest BCUT2D eigenvalue weighted by molar-refractivity contribution is -0.116. The molecule has 0 aliphatic carbocycles. The van der Waals surface area contributed by atoms with Crippen LogP contribution in [0.3, 0.4) is 0 Å². The summed E-state index contributed by atoms with van der Waals surface area (Å²) in [6, 6.07) is 10.1. The summed E-state index contributed by atoms with van der Waals surface area (Å²) in [5.41, 5.74) is 1.92. The number of aryl methyl sites for hydroxylation is 1. The molecule has 0 radical (unpaired) electrons. The van der Waals surface area contributed by atoms with Crippen LogP contribution >= 0.6 is 0 Å². The Kier molecular flexibility index (Phi) is 5.97. The van der Waals surface area contributed by atoms with Gasteiger partial charge in [-0.15, -0.1) is 0 Å². The molecule has 1 aromatic carbocycles. The fourth-order valence-electron chi connectivity index (χ4n) is 3.84. The monoisotopic (exact) mass is 381 g/mol. The van der Waals surface area contributed by atoms with Crippen molar-refractivity contribution in [3.8, 4) is 0 Å². The van der Waals surface area contributed by atoms with Crippen molar-refractivity contribution < 1.29 is 9.59 Å². The van der Waals surface area contributed by atoms with Crippen molar-refractivity contribution in [1.29, 1.82) is 0 Å². The van der Waals surface area contributed by atoms with E-state index < -0.39 is 0 Å². The Morgan fingerprint density at radius 3 is 2.32 bits per heavy atom. The Morgan fingerprint density at radius 2 is 1.68 bits per heavy atom. The maximum atomic E-state index is 12.7. The van der Waals surface area contributed by atoms with Gasteiger partial charge in [-0.1, -0.05) is 19.9 Å². The molecule has 0 saturated carbocycles. The molecule has 1 fully saturated rings. The number of rotatable bonds is 4. The Bertz CT molecular complexity index is 907. The molecule has 1 aliphatic rings. The summed E-state index contributed by atoms with van der Waals surface area (Å²) >= 11 is 0. The topological polar surface area (TPSA) is 71.4 Å². The highest BCUT2D eigenvalue weighted by Gasteiger charge is 2.26. The van der Waals surface area contributed by atoms with Gasteiger partial charge in [-0.25, -0.2) is 0 Å². The average Bonchev–Trinajstić information content (AvgIpc) is 2.64. The summed E-state index contributed by atoms with van der Waals surface area (Å²) in [7, 11) is 0. The van der Waals surface area contributed by atoms with Crippen molar-refractivity contribution in [2.24, 2.45) is 11.8 Å². The van der Waals surface area contributed by atoms with E-state index in [1.807, 2.05) is 11.8 Å². The summed E-state index contributed by atoms with van der Waals surface area (Å²) in [6.45, 7) is 7.74. The molecule has 1 aliphatic heterocycles. The van der Waals surface area contributed by atoms with E-state index in [1.54, 1.807) is 36.5 Å². The number of hydrogen-bond acceptors (Lipinski definition) is 3. The number of benzene rings is 1. The van der Waals surface area contributed by atoms with Gasteiger partial charge in [0.15, 0.2) is 0 Å². The van der Waals surface area contributed by atoms with Gasteiger partial charge in [0.25, 0.3) is 11.5 Å². The molecule has 28 heavy (non-hydrogen) atoms. The van der Waals surface area contributed by atoms with Gasteiger partial charge in [-0.2, -0.15) is 0 Å². The molecule has 148 valence electrons. The van der Waals surface area contributed by atoms with E-state index in [-0.39, 0.29) is 23.9 Å². The van der Waals surface area contributed by atoms with E-state index in [0.717, 1.165) is 25.1 Å². The number of amides is 2. The first-order valence-corrected chi connectivity index (χ1v) is 9.68. The molecule has 3 rings (SSSR count). The molecule has 6 nitrogen and oxygen atoms in total. The van der Waals surface area contributed by atoms with Gasteiger partial charge in [-0.05, 0) is 55.0 Å². The summed E-state index contributed by atoms with van der Waals surface area (Å²) in [5.74, 6) is 0.764. The normalized spacial score (nSPS) is 19.3. The molecule has 2 atom stereocenters. The van der Waals surface area contributed by atoms with Gasteiger partial charge in [0.2, 0.25) is 5.91 Å². The Morgan fingerprint density at radius 1 is 1.04 bits per heavy atom. The third-order valence-corrected chi connectivity index (χ3v) is 5.02. The molecule has 0 bridgehead atoms. The second-order valence-electron chi connectivity index (χ2n) is 7.95. The van der Waals surface area contributed by atoms with Crippen molar-refractivity contribution >= 4 is 17.5 Å². The molecule has 2 amide bonds. The predicted molar refractivity (Wildman–Crippen MR) is 109 cm³/mol. The van der Waals surface area contributed by atoms with Crippen LogP contribution in [0.5, 0.6) is 0 Å². The number of pyridine rings is 1. The third-order valence-electron chi connectivity index (χ3n) is 5.02. The predicted octanol–water partition coefficient (Wildman–Crippen LogP) is 2.91. The molecule has 2 unspecified atom stereocenters. The first-order valence-electron chi connectivity index (χ1n) is 9.68. The lowest BCUT2D eigenvalue weighted by atomic mass is 9.91. The van der Waals surface area contributed by atoms with E-state index >= 15 is 0 Å². The zero-order valence-electron chi connectivity index (χ0n) is 16.6. The van der Waals surface area contributed by atoms with Crippen LogP contribution in [0.2, 0.25) is 0 Å². The van der Waals surface area contributed by atoms with Crippen LogP contribution in [0.25, 0.3) is 0 Å². The summed E-state index contributed by atoms with van der Waals surface area (Å²) in [4.78, 5) is 38.7. The SMILES string of the molecule is Cc1ccc(=O)n(CC(=O)Nc2ccc(C(=O)N3CC(C)CC(C)C3)cc2)c1. The van der Waals surface area contributed by atoms with Crippen LogP contribution < -0.4 is 10.9 Å². The molecule has 2 heterocycles. The van der Waals surface area contributed by atoms with Crippen LogP contribution in [0.4, 0.5) is 5.69 Å². The number of piperidine rings is 1. The van der Waals surface area contributed by atoms with E-state index in [4.69, 9.17) is 0 Å². The number of nitrogens with zero attached hydrogens (tertiary/aromatic N) is 2. The van der Waals surface area contributed by atoms with Crippen molar-refractivity contribution in [3.05, 3.63) is 64.1 Å². The van der Waals surface area contributed by atoms with Crippen LogP contribution in [0.1, 0.15) is 36.2 Å². The molecule has 2 aromatic rings. The lowest BCUT2D eigenvalue weighted by Crippen LogP contribution is -2.42. The van der Waals surface area contributed by atoms with E-state index in [9.17, 15) is 14.4 Å². The van der Waals surface area contributed by atoms with Crippen LogP contribution in [0, 0.1) is 18.8 Å². The maximum absolute atomic E-state index is 12.7. The van der Waals surface area contributed by atoms with Crippen molar-refractivity contribution in [2.45, 2.75) is 33.7 Å². The van der Waals surface area contributed by atoms with Crippen molar-refractivity contribution in [3.63, 3.8) is 0 Å². The van der Waals surface area contributed by atoms with Crippen molar-refractivity contribution in [1.82, 2.24) is 9.47 Å². The maximum Gasteiger partial charge on any atom is 0.253 e. The number of nitrogens with one attached hydrogen (secondary N) is 1. The van der Waals surface area contributed by atoms with Crippen molar-refractivity contribution in [2.75, 3.05) is 18.4 Å². The lowest BCUT2D eigenvalue weighted by Gasteiger charge is -2.35. The Balaban J connectivity index is 1.62. The number of likely N-dealkylation sites (tertiary alicyclic amines) is 1. The molecule has 1 aromatic heterocycles. The summed E-state index contributed by atoms with van der Waals surface area (Å²) < 4.78 is 1.38. The number of anilines is 1. The third kappa shape index (κ3) is 4.88. The molecular weight excluding hydrogens is 354 g/mol.